The fourth-order valence-electron chi connectivity index (χ4n) is 1.89. The Bertz CT molecular complexity index is 370. The number of ether oxygens (including phenoxy) is 3. The lowest BCUT2D eigenvalue weighted by molar-refractivity contribution is -0.140. The Morgan fingerprint density at radius 3 is 2.19 bits per heavy atom. The van der Waals surface area contributed by atoms with E-state index in [1.54, 1.807) is 6.92 Å². The minimum Gasteiger partial charge on any atom is -0.377 e. The molecule has 0 aromatic rings. The Balaban J connectivity index is 1.92. The van der Waals surface area contributed by atoms with E-state index in [0.29, 0.717) is 46.0 Å². The highest BCUT2D eigenvalue weighted by molar-refractivity contribution is 6.03. The summed E-state index contributed by atoms with van der Waals surface area (Å²) in [4.78, 5) is 35.0. The van der Waals surface area contributed by atoms with Crippen LogP contribution in [0.4, 0.5) is 0 Å². The van der Waals surface area contributed by atoms with Gasteiger partial charge >= 0.3 is 0 Å². The third-order valence-corrected chi connectivity index (χ3v) is 2.98. The van der Waals surface area contributed by atoms with Crippen molar-refractivity contribution in [3.63, 3.8) is 0 Å². The summed E-state index contributed by atoms with van der Waals surface area (Å²) in [5.41, 5.74) is 0. The van der Waals surface area contributed by atoms with Gasteiger partial charge in [-0.25, -0.2) is 0 Å². The zero-order valence-electron chi connectivity index (χ0n) is 12.6. The van der Waals surface area contributed by atoms with Crippen LogP contribution in [0.5, 0.6) is 0 Å². The SMILES string of the molecule is CC(=O)COCCOCCOCCN1C(=O)CC(C)C1=O. The number of hydrogen-bond donors (Lipinski definition) is 0. The molecule has 1 heterocycles. The topological polar surface area (TPSA) is 82.1 Å². The standard InChI is InChI=1S/C14H23NO6/c1-11-9-13(17)15(14(11)18)3-4-19-5-6-20-7-8-21-10-12(2)16/h11H,3-10H2,1-2H3. The second kappa shape index (κ2) is 9.59. The van der Waals surface area contributed by atoms with E-state index in [1.807, 2.05) is 0 Å². The number of carbonyl (C=O) groups is 3. The molecule has 1 atom stereocenters. The number of likely N-dealkylation sites (tertiary alicyclic amines) is 1. The van der Waals surface area contributed by atoms with Crippen molar-refractivity contribution in [3.8, 4) is 0 Å². The number of hydrogen-bond acceptors (Lipinski definition) is 6. The summed E-state index contributed by atoms with van der Waals surface area (Å²) in [6, 6.07) is 0. The van der Waals surface area contributed by atoms with Crippen LogP contribution in [-0.4, -0.2) is 68.7 Å². The smallest absolute Gasteiger partial charge is 0.232 e. The fraction of sp³-hybridized carbons (Fsp3) is 0.786. The van der Waals surface area contributed by atoms with E-state index in [1.165, 1.54) is 11.8 Å². The van der Waals surface area contributed by atoms with Crippen molar-refractivity contribution in [3.05, 3.63) is 0 Å². The molecule has 0 aliphatic carbocycles. The lowest BCUT2D eigenvalue weighted by atomic mass is 10.1. The fourth-order valence-corrected chi connectivity index (χ4v) is 1.89. The van der Waals surface area contributed by atoms with Gasteiger partial charge in [0.1, 0.15) is 6.61 Å². The molecule has 1 fully saturated rings. The van der Waals surface area contributed by atoms with Crippen LogP contribution in [0.25, 0.3) is 0 Å². The number of ketones is 1. The number of amides is 2. The maximum Gasteiger partial charge on any atom is 0.232 e. The Morgan fingerprint density at radius 1 is 1.10 bits per heavy atom. The molecule has 2 amide bonds. The number of Topliss-reactive ketones (excluding diaryl/α,β-unsaturated/α-hetero) is 1. The third-order valence-electron chi connectivity index (χ3n) is 2.98. The molecule has 21 heavy (non-hydrogen) atoms. The van der Waals surface area contributed by atoms with Crippen LogP contribution in [0, 0.1) is 5.92 Å². The molecular formula is C14H23NO6. The lowest BCUT2D eigenvalue weighted by Gasteiger charge is -2.14. The summed E-state index contributed by atoms with van der Waals surface area (Å²) in [7, 11) is 0. The van der Waals surface area contributed by atoms with Crippen LogP contribution in [0.1, 0.15) is 20.3 Å². The number of imide groups is 1. The van der Waals surface area contributed by atoms with Crippen molar-refractivity contribution in [2.75, 3.05) is 46.2 Å². The molecule has 1 aliphatic heterocycles. The first-order valence-corrected chi connectivity index (χ1v) is 7.09. The van der Waals surface area contributed by atoms with Crippen LogP contribution in [0.15, 0.2) is 0 Å². The van der Waals surface area contributed by atoms with Crippen molar-refractivity contribution < 1.29 is 28.6 Å². The Labute approximate surface area is 124 Å². The van der Waals surface area contributed by atoms with Gasteiger partial charge in [0.2, 0.25) is 11.8 Å². The summed E-state index contributed by atoms with van der Waals surface area (Å²) in [5.74, 6) is -0.480. The second-order valence-corrected chi connectivity index (χ2v) is 4.97. The molecule has 0 radical (unpaired) electrons. The van der Waals surface area contributed by atoms with Crippen LogP contribution in [0.3, 0.4) is 0 Å². The Kier molecular flexibility index (Phi) is 8.11. The van der Waals surface area contributed by atoms with Gasteiger partial charge in [0, 0.05) is 12.3 Å². The van der Waals surface area contributed by atoms with Gasteiger partial charge < -0.3 is 14.2 Å². The molecule has 7 nitrogen and oxygen atoms in total. The van der Waals surface area contributed by atoms with Crippen molar-refractivity contribution in [2.45, 2.75) is 20.3 Å². The second-order valence-electron chi connectivity index (χ2n) is 4.97. The van der Waals surface area contributed by atoms with Gasteiger partial charge in [-0.05, 0) is 6.92 Å². The number of rotatable bonds is 11. The molecule has 120 valence electrons. The van der Waals surface area contributed by atoms with Crippen LogP contribution < -0.4 is 0 Å². The number of nitrogens with zero attached hydrogens (tertiary/aromatic N) is 1. The van der Waals surface area contributed by atoms with Crippen molar-refractivity contribution in [2.24, 2.45) is 5.92 Å². The van der Waals surface area contributed by atoms with Crippen molar-refractivity contribution in [1.82, 2.24) is 4.90 Å². The lowest BCUT2D eigenvalue weighted by Crippen LogP contribution is -2.33. The van der Waals surface area contributed by atoms with Gasteiger partial charge in [-0.1, -0.05) is 6.92 Å². The normalized spacial score (nSPS) is 18.6. The summed E-state index contributed by atoms with van der Waals surface area (Å²) >= 11 is 0. The monoisotopic (exact) mass is 301 g/mol. The first-order chi connectivity index (χ1) is 10.0. The third kappa shape index (κ3) is 6.79. The summed E-state index contributed by atoms with van der Waals surface area (Å²) < 4.78 is 15.6. The molecule has 0 N–H and O–H groups in total. The average molecular weight is 301 g/mol. The summed E-state index contributed by atoms with van der Waals surface area (Å²) in [5, 5.41) is 0. The molecule has 0 saturated carbocycles. The van der Waals surface area contributed by atoms with Gasteiger partial charge in [-0.2, -0.15) is 0 Å². The zero-order chi connectivity index (χ0) is 15.7. The molecule has 0 aromatic carbocycles. The summed E-state index contributed by atoms with van der Waals surface area (Å²) in [6.07, 6.45) is 0.294. The van der Waals surface area contributed by atoms with Gasteiger partial charge in [0.05, 0.1) is 39.6 Å². The average Bonchev–Trinajstić information content (AvgIpc) is 2.66. The van der Waals surface area contributed by atoms with E-state index >= 15 is 0 Å². The van der Waals surface area contributed by atoms with Gasteiger partial charge in [-0.15, -0.1) is 0 Å². The van der Waals surface area contributed by atoms with Gasteiger partial charge in [0.15, 0.2) is 5.78 Å². The highest BCUT2D eigenvalue weighted by Crippen LogP contribution is 2.17. The first kappa shape index (κ1) is 17.7. The first-order valence-electron chi connectivity index (χ1n) is 7.09. The predicted octanol–water partition coefficient (Wildman–Crippen LogP) is 0.0202. The van der Waals surface area contributed by atoms with E-state index in [9.17, 15) is 14.4 Å². The van der Waals surface area contributed by atoms with Crippen molar-refractivity contribution in [1.29, 1.82) is 0 Å². The van der Waals surface area contributed by atoms with Crippen LogP contribution in [-0.2, 0) is 28.6 Å². The summed E-state index contributed by atoms with van der Waals surface area (Å²) in [6.45, 7) is 5.49. The molecule has 1 saturated heterocycles. The largest absolute Gasteiger partial charge is 0.377 e. The van der Waals surface area contributed by atoms with Gasteiger partial charge in [-0.3, -0.25) is 19.3 Å². The molecule has 1 unspecified atom stereocenters. The Morgan fingerprint density at radius 2 is 1.67 bits per heavy atom. The van der Waals surface area contributed by atoms with E-state index in [0.717, 1.165) is 0 Å². The van der Waals surface area contributed by atoms with E-state index in [-0.39, 0.29) is 30.1 Å². The highest BCUT2D eigenvalue weighted by Gasteiger charge is 2.34. The molecule has 1 aliphatic rings. The zero-order valence-corrected chi connectivity index (χ0v) is 12.6. The van der Waals surface area contributed by atoms with E-state index in [2.05, 4.69) is 0 Å². The van der Waals surface area contributed by atoms with Crippen LogP contribution in [0.2, 0.25) is 0 Å². The van der Waals surface area contributed by atoms with E-state index < -0.39 is 0 Å². The van der Waals surface area contributed by atoms with Crippen molar-refractivity contribution >= 4 is 17.6 Å². The maximum absolute atomic E-state index is 11.6. The molecule has 0 spiro atoms. The molecular weight excluding hydrogens is 278 g/mol. The van der Waals surface area contributed by atoms with Crippen LogP contribution >= 0.6 is 0 Å². The minimum absolute atomic E-state index is 0.0151. The Hall–Kier alpha value is -1.31. The number of carbonyl (C=O) groups excluding carboxylic acids is 3. The molecule has 0 bridgehead atoms. The molecule has 1 rings (SSSR count). The molecule has 0 aromatic heterocycles. The predicted molar refractivity (Wildman–Crippen MR) is 73.6 cm³/mol. The highest BCUT2D eigenvalue weighted by atomic mass is 16.5. The molecule has 7 heteroatoms. The minimum atomic E-state index is -0.212. The maximum atomic E-state index is 11.6. The quantitative estimate of drug-likeness (QED) is 0.395. The van der Waals surface area contributed by atoms with Gasteiger partial charge in [0.25, 0.3) is 0 Å². The van der Waals surface area contributed by atoms with E-state index in [4.69, 9.17) is 14.2 Å².